The van der Waals surface area contributed by atoms with Crippen molar-refractivity contribution in [1.82, 2.24) is 14.8 Å². The van der Waals surface area contributed by atoms with Crippen LogP contribution in [0.5, 0.6) is 0 Å². The lowest BCUT2D eigenvalue weighted by Crippen LogP contribution is -2.13. The second-order valence-electron chi connectivity index (χ2n) is 4.55. The first kappa shape index (κ1) is 13.1. The molecular formula is C13H16ClN3O. The van der Waals surface area contributed by atoms with Crippen LogP contribution in [-0.2, 0) is 0 Å². The number of hydrogen-bond acceptors (Lipinski definition) is 3. The van der Waals surface area contributed by atoms with Gasteiger partial charge in [-0.25, -0.2) is 0 Å². The quantitative estimate of drug-likeness (QED) is 0.928. The van der Waals surface area contributed by atoms with E-state index in [0.717, 1.165) is 11.1 Å². The number of pyridine rings is 1. The predicted molar refractivity (Wildman–Crippen MR) is 70.7 cm³/mol. The normalized spacial score (nSPS) is 13.0. The summed E-state index contributed by atoms with van der Waals surface area (Å²) in [7, 11) is 0. The van der Waals surface area contributed by atoms with Crippen LogP contribution in [0.4, 0.5) is 0 Å². The molecule has 0 radical (unpaired) electrons. The zero-order valence-electron chi connectivity index (χ0n) is 10.6. The average molecular weight is 266 g/mol. The Bertz CT molecular complexity index is 551. The van der Waals surface area contributed by atoms with Crippen molar-refractivity contribution in [2.24, 2.45) is 0 Å². The number of aryl methyl sites for hydroxylation is 1. The topological polar surface area (TPSA) is 50.9 Å². The first-order valence-electron chi connectivity index (χ1n) is 5.83. The molecule has 2 aromatic heterocycles. The van der Waals surface area contributed by atoms with Gasteiger partial charge in [0.05, 0.1) is 16.9 Å². The van der Waals surface area contributed by atoms with Crippen molar-refractivity contribution in [2.75, 3.05) is 0 Å². The first-order chi connectivity index (χ1) is 8.52. The van der Waals surface area contributed by atoms with Crippen molar-refractivity contribution >= 4 is 11.6 Å². The molecule has 1 atom stereocenters. The number of halogens is 1. The van der Waals surface area contributed by atoms with Gasteiger partial charge in [-0.3, -0.25) is 9.67 Å². The lowest BCUT2D eigenvalue weighted by molar-refractivity contribution is 0.204. The van der Waals surface area contributed by atoms with Gasteiger partial charge in [-0.2, -0.15) is 5.10 Å². The maximum atomic E-state index is 10.5. The second-order valence-corrected chi connectivity index (χ2v) is 4.96. The Kier molecular flexibility index (Phi) is 3.68. The fourth-order valence-corrected chi connectivity index (χ4v) is 2.16. The maximum Gasteiger partial charge on any atom is 0.124 e. The zero-order chi connectivity index (χ0) is 13.3. The van der Waals surface area contributed by atoms with Crippen molar-refractivity contribution in [3.8, 4) is 0 Å². The Morgan fingerprint density at radius 3 is 2.67 bits per heavy atom. The summed E-state index contributed by atoms with van der Waals surface area (Å²) in [5, 5.41) is 15.2. The molecule has 0 aromatic carbocycles. The minimum Gasteiger partial charge on any atom is -0.382 e. The SMILES string of the molecule is Cc1ccncc1C(O)c1c(Cl)cnn1C(C)C. The average Bonchev–Trinajstić information content (AvgIpc) is 2.71. The maximum absolute atomic E-state index is 10.5. The molecular weight excluding hydrogens is 250 g/mol. The smallest absolute Gasteiger partial charge is 0.124 e. The highest BCUT2D eigenvalue weighted by Gasteiger charge is 2.22. The molecule has 96 valence electrons. The van der Waals surface area contributed by atoms with Gasteiger partial charge < -0.3 is 5.11 Å². The molecule has 0 aliphatic heterocycles. The highest BCUT2D eigenvalue weighted by Crippen LogP contribution is 2.30. The highest BCUT2D eigenvalue weighted by molar-refractivity contribution is 6.31. The summed E-state index contributed by atoms with van der Waals surface area (Å²) >= 11 is 6.12. The molecule has 0 saturated heterocycles. The molecule has 2 rings (SSSR count). The van der Waals surface area contributed by atoms with E-state index in [9.17, 15) is 5.11 Å². The molecule has 1 unspecified atom stereocenters. The Morgan fingerprint density at radius 1 is 1.33 bits per heavy atom. The number of aromatic nitrogens is 3. The van der Waals surface area contributed by atoms with Crippen LogP contribution < -0.4 is 0 Å². The second kappa shape index (κ2) is 5.08. The molecule has 0 fully saturated rings. The molecule has 0 aliphatic rings. The fourth-order valence-electron chi connectivity index (χ4n) is 1.93. The number of aliphatic hydroxyl groups excluding tert-OH is 1. The van der Waals surface area contributed by atoms with Gasteiger partial charge in [-0.1, -0.05) is 11.6 Å². The first-order valence-corrected chi connectivity index (χ1v) is 6.21. The molecule has 0 aliphatic carbocycles. The van der Waals surface area contributed by atoms with Crippen LogP contribution in [0.3, 0.4) is 0 Å². The summed E-state index contributed by atoms with van der Waals surface area (Å²) in [6.45, 7) is 5.93. The van der Waals surface area contributed by atoms with Gasteiger partial charge in [0.15, 0.2) is 0 Å². The minimum atomic E-state index is -0.809. The van der Waals surface area contributed by atoms with Gasteiger partial charge in [0.1, 0.15) is 6.10 Å². The van der Waals surface area contributed by atoms with Gasteiger partial charge in [-0.05, 0) is 32.4 Å². The third-order valence-electron chi connectivity index (χ3n) is 2.91. The van der Waals surface area contributed by atoms with Crippen LogP contribution in [0, 0.1) is 6.92 Å². The Morgan fingerprint density at radius 2 is 2.06 bits per heavy atom. The molecule has 18 heavy (non-hydrogen) atoms. The van der Waals surface area contributed by atoms with Gasteiger partial charge in [0.25, 0.3) is 0 Å². The number of nitrogens with zero attached hydrogens (tertiary/aromatic N) is 3. The van der Waals surface area contributed by atoms with Crippen LogP contribution in [0.15, 0.2) is 24.7 Å². The largest absolute Gasteiger partial charge is 0.382 e. The summed E-state index contributed by atoms with van der Waals surface area (Å²) in [6.07, 6.45) is 4.11. The number of hydrogen-bond donors (Lipinski definition) is 1. The summed E-state index contributed by atoms with van der Waals surface area (Å²) in [6, 6.07) is 2.00. The van der Waals surface area contributed by atoms with Gasteiger partial charge in [0.2, 0.25) is 0 Å². The Labute approximate surface area is 111 Å². The van der Waals surface area contributed by atoms with Gasteiger partial charge in [-0.15, -0.1) is 0 Å². The summed E-state index contributed by atoms with van der Waals surface area (Å²) in [5.41, 5.74) is 2.34. The molecule has 0 bridgehead atoms. The molecule has 2 aromatic rings. The number of aliphatic hydroxyl groups is 1. The molecule has 5 heteroatoms. The third kappa shape index (κ3) is 2.26. The van der Waals surface area contributed by atoms with Crippen LogP contribution in [-0.4, -0.2) is 19.9 Å². The molecule has 4 nitrogen and oxygen atoms in total. The molecule has 0 saturated carbocycles. The van der Waals surface area contributed by atoms with Crippen molar-refractivity contribution < 1.29 is 5.11 Å². The monoisotopic (exact) mass is 265 g/mol. The van der Waals surface area contributed by atoms with E-state index in [0.29, 0.717) is 10.7 Å². The molecule has 0 amide bonds. The number of rotatable bonds is 3. The van der Waals surface area contributed by atoms with Crippen LogP contribution >= 0.6 is 11.6 Å². The molecule has 0 spiro atoms. The summed E-state index contributed by atoms with van der Waals surface area (Å²) in [4.78, 5) is 4.05. The van der Waals surface area contributed by atoms with E-state index in [2.05, 4.69) is 10.1 Å². The van der Waals surface area contributed by atoms with Crippen LogP contribution in [0.2, 0.25) is 5.02 Å². The lowest BCUT2D eigenvalue weighted by Gasteiger charge is -2.17. The molecule has 1 N–H and O–H groups in total. The lowest BCUT2D eigenvalue weighted by atomic mass is 10.0. The van der Waals surface area contributed by atoms with Crippen LogP contribution in [0.25, 0.3) is 0 Å². The predicted octanol–water partition coefficient (Wildman–Crippen LogP) is 2.90. The summed E-state index contributed by atoms with van der Waals surface area (Å²) in [5.74, 6) is 0. The van der Waals surface area contributed by atoms with Crippen molar-refractivity contribution in [1.29, 1.82) is 0 Å². The Hall–Kier alpha value is -1.39. The standard InChI is InChI=1S/C13H16ClN3O/c1-8(2)17-12(11(14)7-16-17)13(18)10-6-15-5-4-9(10)3/h4-8,13,18H,1-3H3. The minimum absolute atomic E-state index is 0.138. The molecule has 2 heterocycles. The van der Waals surface area contributed by atoms with Gasteiger partial charge >= 0.3 is 0 Å². The van der Waals surface area contributed by atoms with Crippen molar-refractivity contribution in [3.63, 3.8) is 0 Å². The Balaban J connectivity index is 2.49. The zero-order valence-corrected chi connectivity index (χ0v) is 11.4. The van der Waals surface area contributed by atoms with E-state index < -0.39 is 6.10 Å². The highest BCUT2D eigenvalue weighted by atomic mass is 35.5. The fraction of sp³-hybridized carbons (Fsp3) is 0.385. The summed E-state index contributed by atoms with van der Waals surface area (Å²) < 4.78 is 1.74. The van der Waals surface area contributed by atoms with Gasteiger partial charge in [0, 0.05) is 24.0 Å². The third-order valence-corrected chi connectivity index (χ3v) is 3.20. The van der Waals surface area contributed by atoms with Crippen molar-refractivity contribution in [2.45, 2.75) is 32.9 Å². The van der Waals surface area contributed by atoms with Crippen LogP contribution in [0.1, 0.15) is 42.8 Å². The van der Waals surface area contributed by atoms with E-state index in [1.165, 1.54) is 0 Å². The van der Waals surface area contributed by atoms with E-state index in [1.54, 1.807) is 23.3 Å². The van der Waals surface area contributed by atoms with E-state index in [-0.39, 0.29) is 6.04 Å². The van der Waals surface area contributed by atoms with Crippen molar-refractivity contribution in [3.05, 3.63) is 46.5 Å². The van der Waals surface area contributed by atoms with E-state index in [4.69, 9.17) is 11.6 Å². The van der Waals surface area contributed by atoms with E-state index >= 15 is 0 Å². The van der Waals surface area contributed by atoms with E-state index in [1.807, 2.05) is 26.8 Å².